The van der Waals surface area contributed by atoms with Crippen LogP contribution in [0.2, 0.25) is 0 Å². The van der Waals surface area contributed by atoms with Crippen molar-refractivity contribution >= 4 is 43.5 Å². The highest BCUT2D eigenvalue weighted by Gasteiger charge is 2.00. The molecular weight excluding hydrogens is 407 g/mol. The van der Waals surface area contributed by atoms with Crippen molar-refractivity contribution < 1.29 is 0 Å². The molecule has 0 aromatic heterocycles. The summed E-state index contributed by atoms with van der Waals surface area (Å²) in [7, 11) is 0. The third-order valence-corrected chi connectivity index (χ3v) is 3.10. The number of hydrogen-bond acceptors (Lipinski definition) is 4. The fourth-order valence-corrected chi connectivity index (χ4v) is 1.73. The predicted octanol–water partition coefficient (Wildman–Crippen LogP) is 2.54. The van der Waals surface area contributed by atoms with Gasteiger partial charge in [0, 0.05) is 29.6 Å². The van der Waals surface area contributed by atoms with Crippen LogP contribution >= 0.6 is 43.5 Å². The molecular formula is C13H23Br2ClN4. The minimum absolute atomic E-state index is 0.526. The molecule has 4 nitrogen and oxygen atoms in total. The van der Waals surface area contributed by atoms with E-state index >= 15 is 0 Å². The van der Waals surface area contributed by atoms with Gasteiger partial charge >= 0.3 is 0 Å². The fourth-order valence-electron chi connectivity index (χ4n) is 1.27. The van der Waals surface area contributed by atoms with Crippen LogP contribution in [0.25, 0.3) is 0 Å². The van der Waals surface area contributed by atoms with Crippen LogP contribution in [0, 0.1) is 0 Å². The van der Waals surface area contributed by atoms with E-state index in [0.717, 1.165) is 37.1 Å². The molecule has 3 N–H and O–H groups in total. The average molecular weight is 431 g/mol. The molecule has 116 valence electrons. The zero-order chi connectivity index (χ0) is 14.9. The lowest BCUT2D eigenvalue weighted by molar-refractivity contribution is 0.258. The van der Waals surface area contributed by atoms with Crippen molar-refractivity contribution in [2.45, 2.75) is 0 Å². The Labute approximate surface area is 143 Å². The van der Waals surface area contributed by atoms with Crippen LogP contribution in [0.1, 0.15) is 0 Å². The molecule has 7 heteroatoms. The van der Waals surface area contributed by atoms with Gasteiger partial charge < -0.3 is 16.0 Å². The maximum atomic E-state index is 5.58. The summed E-state index contributed by atoms with van der Waals surface area (Å²) in [6.07, 6.45) is 11.7. The first kappa shape index (κ1) is 19.8. The first-order chi connectivity index (χ1) is 9.85. The number of nitrogens with zero attached hydrogens (tertiary/aromatic N) is 1. The number of halogens is 3. The van der Waals surface area contributed by atoms with Crippen molar-refractivity contribution in [3.63, 3.8) is 0 Å². The van der Waals surface area contributed by atoms with Gasteiger partial charge in [0.25, 0.3) is 0 Å². The Morgan fingerprint density at radius 2 is 1.40 bits per heavy atom. The molecule has 0 saturated carbocycles. The lowest BCUT2D eigenvalue weighted by Crippen LogP contribution is -2.40. The molecule has 0 fully saturated rings. The molecule has 0 aromatic carbocycles. The third kappa shape index (κ3) is 14.2. The van der Waals surface area contributed by atoms with E-state index in [2.05, 4.69) is 52.7 Å². The van der Waals surface area contributed by atoms with Crippen molar-refractivity contribution in [1.29, 1.82) is 0 Å². The topological polar surface area (TPSA) is 39.3 Å². The van der Waals surface area contributed by atoms with Gasteiger partial charge in [0.05, 0.1) is 13.3 Å². The Morgan fingerprint density at radius 1 is 0.850 bits per heavy atom. The van der Waals surface area contributed by atoms with Gasteiger partial charge in [-0.3, -0.25) is 4.90 Å². The van der Waals surface area contributed by atoms with Gasteiger partial charge in [0.1, 0.15) is 0 Å². The zero-order valence-electron chi connectivity index (χ0n) is 11.5. The Hall–Kier alpha value is -0.170. The summed E-state index contributed by atoms with van der Waals surface area (Å²) in [6.45, 7) is 3.39. The van der Waals surface area contributed by atoms with Crippen LogP contribution in [0.4, 0.5) is 0 Å². The second kappa shape index (κ2) is 16.9. The zero-order valence-corrected chi connectivity index (χ0v) is 15.4. The molecule has 0 saturated heterocycles. The number of hydrogen-bond donors (Lipinski definition) is 3. The van der Waals surface area contributed by atoms with Gasteiger partial charge in [-0.25, -0.2) is 0 Å². The van der Waals surface area contributed by atoms with E-state index < -0.39 is 0 Å². The summed E-state index contributed by atoms with van der Waals surface area (Å²) < 4.78 is 0. The van der Waals surface area contributed by atoms with Gasteiger partial charge in [-0.05, 0) is 18.6 Å². The molecule has 0 atom stereocenters. The van der Waals surface area contributed by atoms with Crippen molar-refractivity contribution in [3.05, 3.63) is 36.8 Å². The number of alkyl halides is 3. The molecule has 0 aliphatic carbocycles. The summed E-state index contributed by atoms with van der Waals surface area (Å²) in [6, 6.07) is 0. The molecule has 0 aliphatic heterocycles. The third-order valence-electron chi connectivity index (χ3n) is 2.18. The molecule has 0 aliphatic rings. The van der Waals surface area contributed by atoms with Crippen molar-refractivity contribution in [2.75, 3.05) is 43.0 Å². The maximum Gasteiger partial charge on any atom is 0.0688 e. The van der Waals surface area contributed by atoms with E-state index in [1.807, 2.05) is 36.8 Å². The highest BCUT2D eigenvalue weighted by molar-refractivity contribution is 9.09. The highest BCUT2D eigenvalue weighted by Crippen LogP contribution is 1.86. The molecule has 0 amide bonds. The van der Waals surface area contributed by atoms with E-state index in [-0.39, 0.29) is 0 Å². The number of nitrogens with one attached hydrogen (secondary N) is 3. The smallest absolute Gasteiger partial charge is 0.0688 e. The lowest BCUT2D eigenvalue weighted by Gasteiger charge is -2.22. The van der Waals surface area contributed by atoms with Crippen LogP contribution in [0.5, 0.6) is 0 Å². The van der Waals surface area contributed by atoms with Crippen LogP contribution < -0.4 is 16.0 Å². The second-order valence-electron chi connectivity index (χ2n) is 3.74. The minimum atomic E-state index is 0.526. The summed E-state index contributed by atoms with van der Waals surface area (Å²) in [4.78, 5) is 2.26. The van der Waals surface area contributed by atoms with E-state index in [9.17, 15) is 0 Å². The van der Waals surface area contributed by atoms with Crippen LogP contribution in [-0.4, -0.2) is 47.9 Å². The molecule has 0 unspecified atom stereocenters. The van der Waals surface area contributed by atoms with Crippen LogP contribution in [0.15, 0.2) is 36.8 Å². The van der Waals surface area contributed by atoms with Gasteiger partial charge in [-0.1, -0.05) is 50.1 Å². The Bertz CT molecular complexity index is 268. The molecule has 0 aromatic rings. The normalized spacial score (nSPS) is 12.0. The van der Waals surface area contributed by atoms with E-state index in [0.29, 0.717) is 5.88 Å². The van der Waals surface area contributed by atoms with Crippen molar-refractivity contribution in [2.24, 2.45) is 0 Å². The predicted molar refractivity (Wildman–Crippen MR) is 96.4 cm³/mol. The second-order valence-corrected chi connectivity index (χ2v) is 5.35. The average Bonchev–Trinajstić information content (AvgIpc) is 2.47. The monoisotopic (exact) mass is 428 g/mol. The van der Waals surface area contributed by atoms with Gasteiger partial charge in [-0.2, -0.15) is 0 Å². The Kier molecular flexibility index (Phi) is 16.7. The standard InChI is InChI=1S/C13H23Br2ClN4/c14-4-1-7-17-10-11-20(12-18-8-2-5-15)13-19-9-3-6-16/h1-3,7-9,17-19H,4-6,10-13H2. The summed E-state index contributed by atoms with van der Waals surface area (Å²) in [5, 5.41) is 11.4. The molecule has 0 bridgehead atoms. The fraction of sp³-hybridized carbons (Fsp3) is 0.538. The summed E-state index contributed by atoms with van der Waals surface area (Å²) in [5.74, 6) is 0.526. The number of rotatable bonds is 13. The quantitative estimate of drug-likeness (QED) is 0.239. The Morgan fingerprint density at radius 3 is 1.95 bits per heavy atom. The SMILES string of the molecule is ClCC=CNCN(CCNC=CCBr)CNC=CCBr. The summed E-state index contributed by atoms with van der Waals surface area (Å²) >= 11 is 12.3. The Balaban J connectivity index is 3.93. The highest BCUT2D eigenvalue weighted by atomic mass is 79.9. The van der Waals surface area contributed by atoms with Gasteiger partial charge in [-0.15, -0.1) is 11.6 Å². The first-order valence-corrected chi connectivity index (χ1v) is 9.18. The van der Waals surface area contributed by atoms with Crippen molar-refractivity contribution in [3.8, 4) is 0 Å². The molecule has 0 heterocycles. The maximum absolute atomic E-state index is 5.58. The van der Waals surface area contributed by atoms with Crippen LogP contribution in [0.3, 0.4) is 0 Å². The lowest BCUT2D eigenvalue weighted by atomic mass is 10.5. The van der Waals surface area contributed by atoms with Crippen molar-refractivity contribution in [1.82, 2.24) is 20.9 Å². The minimum Gasteiger partial charge on any atom is -0.390 e. The molecule has 0 radical (unpaired) electrons. The van der Waals surface area contributed by atoms with E-state index in [4.69, 9.17) is 11.6 Å². The molecule has 0 rings (SSSR count). The largest absolute Gasteiger partial charge is 0.390 e. The molecule has 0 spiro atoms. The van der Waals surface area contributed by atoms with Crippen LogP contribution in [-0.2, 0) is 0 Å². The van der Waals surface area contributed by atoms with Gasteiger partial charge in [0.2, 0.25) is 0 Å². The summed E-state index contributed by atoms with van der Waals surface area (Å²) in [5.41, 5.74) is 0. The first-order valence-electron chi connectivity index (χ1n) is 6.40. The van der Waals surface area contributed by atoms with Gasteiger partial charge in [0.15, 0.2) is 0 Å². The molecule has 20 heavy (non-hydrogen) atoms. The van der Waals surface area contributed by atoms with E-state index in [1.165, 1.54) is 0 Å². The van der Waals surface area contributed by atoms with E-state index in [1.54, 1.807) is 0 Å². The number of allylic oxidation sites excluding steroid dienone is 3.